The van der Waals surface area contributed by atoms with Gasteiger partial charge in [-0.25, -0.2) is 4.98 Å². The lowest BCUT2D eigenvalue weighted by molar-refractivity contribution is -0.131. The molecule has 2 atom stereocenters. The zero-order valence-corrected chi connectivity index (χ0v) is 15.0. The van der Waals surface area contributed by atoms with Gasteiger partial charge >= 0.3 is 0 Å². The highest BCUT2D eigenvalue weighted by molar-refractivity contribution is 5.94. The van der Waals surface area contributed by atoms with Gasteiger partial charge in [-0.15, -0.1) is 0 Å². The Balaban J connectivity index is 1.44. The van der Waals surface area contributed by atoms with Crippen molar-refractivity contribution in [3.63, 3.8) is 0 Å². The number of likely N-dealkylation sites (N-methyl/N-ethyl adjacent to an activating group) is 1. The summed E-state index contributed by atoms with van der Waals surface area (Å²) < 4.78 is 11.1. The van der Waals surface area contributed by atoms with Crippen LogP contribution in [0.4, 0.5) is 5.82 Å². The molecular weight excluding hydrogens is 336 g/mol. The molecule has 0 saturated carbocycles. The molecule has 1 aromatic heterocycles. The number of hydrogen-bond acceptors (Lipinski definition) is 6. The largest absolute Gasteiger partial charge is 0.378 e. The second-order valence-corrected chi connectivity index (χ2v) is 6.95. The summed E-state index contributed by atoms with van der Waals surface area (Å²) in [6.07, 6.45) is 1.93. The van der Waals surface area contributed by atoms with E-state index in [1.54, 1.807) is 23.0 Å². The van der Waals surface area contributed by atoms with E-state index in [1.807, 2.05) is 12.1 Å². The van der Waals surface area contributed by atoms with Gasteiger partial charge in [0, 0.05) is 39.4 Å². The Morgan fingerprint density at radius 3 is 2.73 bits per heavy atom. The fourth-order valence-corrected chi connectivity index (χ4v) is 3.79. The predicted octanol–water partition coefficient (Wildman–Crippen LogP) is -0.0101. The number of pyridine rings is 1. The Morgan fingerprint density at radius 1 is 1.19 bits per heavy atom. The van der Waals surface area contributed by atoms with Gasteiger partial charge < -0.3 is 24.2 Å². The van der Waals surface area contributed by atoms with E-state index in [0.717, 1.165) is 18.9 Å². The fourth-order valence-electron chi connectivity index (χ4n) is 3.79. The minimum Gasteiger partial charge on any atom is -0.378 e. The van der Waals surface area contributed by atoms with Crippen molar-refractivity contribution in [2.75, 3.05) is 57.9 Å². The molecule has 0 unspecified atom stereocenters. The van der Waals surface area contributed by atoms with E-state index in [9.17, 15) is 9.59 Å². The van der Waals surface area contributed by atoms with Crippen molar-refractivity contribution in [2.24, 2.45) is 0 Å². The number of anilines is 1. The van der Waals surface area contributed by atoms with Crippen LogP contribution in [0.25, 0.3) is 0 Å². The first-order chi connectivity index (χ1) is 12.6. The van der Waals surface area contributed by atoms with Gasteiger partial charge in [0.2, 0.25) is 5.91 Å². The van der Waals surface area contributed by atoms with Crippen LogP contribution in [0.3, 0.4) is 0 Å². The lowest BCUT2D eigenvalue weighted by atomic mass is 10.2. The second-order valence-electron chi connectivity index (χ2n) is 6.95. The normalized spacial score (nSPS) is 26.7. The van der Waals surface area contributed by atoms with E-state index < -0.39 is 0 Å². The topological polar surface area (TPSA) is 75.2 Å². The molecule has 140 valence electrons. The second kappa shape index (κ2) is 7.20. The fraction of sp³-hybridized carbons (Fsp3) is 0.611. The molecule has 3 aliphatic rings. The maximum absolute atomic E-state index is 12.8. The maximum atomic E-state index is 12.8. The van der Waals surface area contributed by atoms with Gasteiger partial charge in [0.1, 0.15) is 5.82 Å². The number of aromatic nitrogens is 1. The third-order valence-corrected chi connectivity index (χ3v) is 5.39. The van der Waals surface area contributed by atoms with Gasteiger partial charge in [0.25, 0.3) is 5.91 Å². The van der Waals surface area contributed by atoms with Crippen LogP contribution in [0.5, 0.6) is 0 Å². The number of fused-ring (bicyclic) bond motifs is 1. The average molecular weight is 360 g/mol. The Morgan fingerprint density at radius 2 is 2.00 bits per heavy atom. The average Bonchev–Trinajstić information content (AvgIpc) is 3.06. The van der Waals surface area contributed by atoms with Gasteiger partial charge in [0.15, 0.2) is 0 Å². The maximum Gasteiger partial charge on any atom is 0.255 e. The number of likely N-dealkylation sites (tertiary alicyclic amines) is 1. The quantitative estimate of drug-likeness (QED) is 0.739. The minimum atomic E-state index is -0.115. The zero-order valence-electron chi connectivity index (χ0n) is 15.0. The summed E-state index contributed by atoms with van der Waals surface area (Å²) in [6, 6.07) is 3.64. The molecule has 0 aliphatic carbocycles. The van der Waals surface area contributed by atoms with Crippen molar-refractivity contribution in [3.8, 4) is 0 Å². The molecule has 3 saturated heterocycles. The summed E-state index contributed by atoms with van der Waals surface area (Å²) in [5.41, 5.74) is 0.562. The first kappa shape index (κ1) is 17.2. The molecule has 0 aromatic carbocycles. The number of amides is 2. The molecule has 8 heteroatoms. The molecule has 0 spiro atoms. The van der Waals surface area contributed by atoms with Crippen LogP contribution in [0.1, 0.15) is 16.8 Å². The van der Waals surface area contributed by atoms with Crippen LogP contribution < -0.4 is 4.90 Å². The molecule has 26 heavy (non-hydrogen) atoms. The smallest absolute Gasteiger partial charge is 0.255 e. The number of hydrogen-bond donors (Lipinski definition) is 0. The number of carbonyl (C=O) groups is 2. The van der Waals surface area contributed by atoms with E-state index >= 15 is 0 Å². The van der Waals surface area contributed by atoms with E-state index in [1.165, 1.54) is 0 Å². The summed E-state index contributed by atoms with van der Waals surface area (Å²) in [5.74, 6) is 0.872. The van der Waals surface area contributed by atoms with E-state index in [2.05, 4.69) is 9.88 Å². The monoisotopic (exact) mass is 360 g/mol. The third-order valence-electron chi connectivity index (χ3n) is 5.39. The van der Waals surface area contributed by atoms with Crippen molar-refractivity contribution in [2.45, 2.75) is 18.6 Å². The number of carbonyl (C=O) groups excluding carboxylic acids is 2. The van der Waals surface area contributed by atoms with Crippen LogP contribution in [0, 0.1) is 0 Å². The summed E-state index contributed by atoms with van der Waals surface area (Å²) in [7, 11) is 1.79. The summed E-state index contributed by atoms with van der Waals surface area (Å²) in [6.45, 7) is 4.45. The van der Waals surface area contributed by atoms with Crippen LogP contribution in [0.2, 0.25) is 0 Å². The standard InChI is InChI=1S/C18H24N4O4/c1-20-14-11-22(12-15(14)26-7-4-17(20)23)18(24)13-2-3-16(19-10-13)21-5-8-25-9-6-21/h2-3,10,14-15H,4-9,11-12H2,1H3/t14-,15-/m0/s1. The van der Waals surface area contributed by atoms with E-state index in [4.69, 9.17) is 9.47 Å². The van der Waals surface area contributed by atoms with E-state index in [0.29, 0.717) is 44.9 Å². The van der Waals surface area contributed by atoms with Crippen molar-refractivity contribution in [3.05, 3.63) is 23.9 Å². The Labute approximate surface area is 152 Å². The predicted molar refractivity (Wildman–Crippen MR) is 94.1 cm³/mol. The van der Waals surface area contributed by atoms with Crippen LogP contribution in [-0.4, -0.2) is 91.8 Å². The number of morpholine rings is 1. The first-order valence-corrected chi connectivity index (χ1v) is 9.09. The molecule has 0 N–H and O–H groups in total. The molecule has 2 amide bonds. The van der Waals surface area contributed by atoms with Gasteiger partial charge in [0.05, 0.1) is 44.0 Å². The minimum absolute atomic E-state index is 0.0662. The number of nitrogens with zero attached hydrogens (tertiary/aromatic N) is 4. The summed E-state index contributed by atoms with van der Waals surface area (Å²) in [4.78, 5) is 34.9. The zero-order chi connectivity index (χ0) is 18.1. The van der Waals surface area contributed by atoms with Crippen LogP contribution in [-0.2, 0) is 14.3 Å². The molecule has 3 fully saturated rings. The lowest BCUT2D eigenvalue weighted by Crippen LogP contribution is -2.43. The van der Waals surface area contributed by atoms with Crippen molar-refractivity contribution < 1.29 is 19.1 Å². The first-order valence-electron chi connectivity index (χ1n) is 9.09. The molecule has 0 bridgehead atoms. The Bertz CT molecular complexity index is 674. The summed E-state index contributed by atoms with van der Waals surface area (Å²) in [5, 5.41) is 0. The molecule has 4 rings (SSSR count). The van der Waals surface area contributed by atoms with Crippen molar-refractivity contribution in [1.29, 1.82) is 0 Å². The molecular formula is C18H24N4O4. The Hall–Kier alpha value is -2.19. The van der Waals surface area contributed by atoms with E-state index in [-0.39, 0.29) is 24.0 Å². The summed E-state index contributed by atoms with van der Waals surface area (Å²) >= 11 is 0. The molecule has 1 aromatic rings. The molecule has 8 nitrogen and oxygen atoms in total. The van der Waals surface area contributed by atoms with Crippen molar-refractivity contribution >= 4 is 17.6 Å². The van der Waals surface area contributed by atoms with Gasteiger partial charge in [-0.3, -0.25) is 9.59 Å². The van der Waals surface area contributed by atoms with Crippen LogP contribution in [0.15, 0.2) is 18.3 Å². The van der Waals surface area contributed by atoms with Crippen LogP contribution >= 0.6 is 0 Å². The van der Waals surface area contributed by atoms with Gasteiger partial charge in [-0.2, -0.15) is 0 Å². The highest BCUT2D eigenvalue weighted by atomic mass is 16.5. The van der Waals surface area contributed by atoms with Crippen molar-refractivity contribution in [1.82, 2.24) is 14.8 Å². The molecule has 4 heterocycles. The van der Waals surface area contributed by atoms with Gasteiger partial charge in [-0.1, -0.05) is 0 Å². The SMILES string of the molecule is CN1C(=O)CCO[C@H]2CN(C(=O)c3ccc(N4CCOCC4)nc3)C[C@@H]21. The third kappa shape index (κ3) is 3.26. The highest BCUT2D eigenvalue weighted by Gasteiger charge is 2.41. The number of rotatable bonds is 2. The molecule has 3 aliphatic heterocycles. The lowest BCUT2D eigenvalue weighted by Gasteiger charge is -2.28. The molecule has 0 radical (unpaired) electrons. The Kier molecular flexibility index (Phi) is 4.78. The number of ether oxygens (including phenoxy) is 2. The van der Waals surface area contributed by atoms with Gasteiger partial charge in [-0.05, 0) is 12.1 Å². The highest BCUT2D eigenvalue weighted by Crippen LogP contribution is 2.24.